The molecular formula is C16H25IN4OS. The molecule has 5 nitrogen and oxygen atoms in total. The van der Waals surface area contributed by atoms with Gasteiger partial charge in [0.15, 0.2) is 5.96 Å². The molecule has 0 unspecified atom stereocenters. The van der Waals surface area contributed by atoms with E-state index in [9.17, 15) is 0 Å². The van der Waals surface area contributed by atoms with Gasteiger partial charge >= 0.3 is 0 Å². The molecule has 0 saturated heterocycles. The minimum absolute atomic E-state index is 0. The molecule has 0 fully saturated rings. The number of hydrogen-bond acceptors (Lipinski definition) is 4. The lowest BCUT2D eigenvalue weighted by atomic mass is 10.2. The van der Waals surface area contributed by atoms with E-state index in [4.69, 9.17) is 4.42 Å². The van der Waals surface area contributed by atoms with Crippen LogP contribution in [0.3, 0.4) is 0 Å². The van der Waals surface area contributed by atoms with Crippen LogP contribution in [0.25, 0.3) is 10.8 Å². The number of unbranched alkanes of at least 4 members (excludes halogenated alkanes) is 3. The van der Waals surface area contributed by atoms with E-state index in [1.807, 2.05) is 17.5 Å². The van der Waals surface area contributed by atoms with Gasteiger partial charge in [0, 0.05) is 13.6 Å². The van der Waals surface area contributed by atoms with Gasteiger partial charge in [0.05, 0.1) is 17.1 Å². The molecule has 0 radical (unpaired) electrons. The fraction of sp³-hybridized carbons (Fsp3) is 0.500. The van der Waals surface area contributed by atoms with Crippen molar-refractivity contribution in [2.24, 2.45) is 4.99 Å². The highest BCUT2D eigenvalue weighted by Gasteiger charge is 2.07. The maximum atomic E-state index is 5.50. The summed E-state index contributed by atoms with van der Waals surface area (Å²) < 4.78 is 5.50. The molecule has 0 aliphatic rings. The van der Waals surface area contributed by atoms with E-state index < -0.39 is 0 Å². The minimum Gasteiger partial charge on any atom is -0.443 e. The Labute approximate surface area is 159 Å². The summed E-state index contributed by atoms with van der Waals surface area (Å²) in [6, 6.07) is 4.00. The van der Waals surface area contributed by atoms with E-state index in [1.54, 1.807) is 24.6 Å². The van der Waals surface area contributed by atoms with Crippen LogP contribution in [0.1, 0.15) is 38.3 Å². The molecule has 2 aromatic rings. The van der Waals surface area contributed by atoms with Gasteiger partial charge in [-0.3, -0.25) is 4.99 Å². The molecule has 0 bridgehead atoms. The molecule has 0 aliphatic heterocycles. The lowest BCUT2D eigenvalue weighted by Gasteiger charge is -2.10. The van der Waals surface area contributed by atoms with Crippen LogP contribution >= 0.6 is 35.3 Å². The zero-order valence-electron chi connectivity index (χ0n) is 13.7. The lowest BCUT2D eigenvalue weighted by Crippen LogP contribution is -2.37. The van der Waals surface area contributed by atoms with Gasteiger partial charge in [0.2, 0.25) is 5.89 Å². The molecular weight excluding hydrogens is 423 g/mol. The second-order valence-electron chi connectivity index (χ2n) is 5.03. The zero-order valence-corrected chi connectivity index (χ0v) is 16.8. The van der Waals surface area contributed by atoms with Crippen molar-refractivity contribution in [3.63, 3.8) is 0 Å². The van der Waals surface area contributed by atoms with Crippen molar-refractivity contribution in [2.45, 2.75) is 39.2 Å². The van der Waals surface area contributed by atoms with Crippen LogP contribution in [-0.4, -0.2) is 24.5 Å². The fourth-order valence-corrected chi connectivity index (χ4v) is 2.71. The number of halogens is 1. The predicted molar refractivity (Wildman–Crippen MR) is 108 cm³/mol. The Morgan fingerprint density at radius 1 is 1.30 bits per heavy atom. The third-order valence-electron chi connectivity index (χ3n) is 3.27. The monoisotopic (exact) mass is 448 g/mol. The van der Waals surface area contributed by atoms with E-state index in [0.717, 1.165) is 23.1 Å². The summed E-state index contributed by atoms with van der Waals surface area (Å²) in [7, 11) is 1.78. The summed E-state index contributed by atoms with van der Waals surface area (Å²) in [4.78, 5) is 9.74. The van der Waals surface area contributed by atoms with Crippen molar-refractivity contribution in [3.8, 4) is 10.8 Å². The number of nitrogens with zero attached hydrogens (tertiary/aromatic N) is 2. The Kier molecular flexibility index (Phi) is 9.93. The number of aliphatic imine (C=N–C) groups is 1. The summed E-state index contributed by atoms with van der Waals surface area (Å²) in [6.45, 7) is 3.76. The van der Waals surface area contributed by atoms with Crippen LogP contribution in [0.15, 0.2) is 33.2 Å². The van der Waals surface area contributed by atoms with Crippen LogP contribution < -0.4 is 10.6 Å². The molecule has 0 saturated carbocycles. The third-order valence-corrected chi connectivity index (χ3v) is 4.12. The molecule has 0 spiro atoms. The van der Waals surface area contributed by atoms with Gasteiger partial charge in [0.1, 0.15) is 6.26 Å². The van der Waals surface area contributed by atoms with Crippen LogP contribution in [0, 0.1) is 0 Å². The van der Waals surface area contributed by atoms with Crippen molar-refractivity contribution < 1.29 is 4.42 Å². The number of aromatic nitrogens is 1. The molecule has 0 aliphatic carbocycles. The molecule has 2 rings (SSSR count). The molecule has 2 N–H and O–H groups in total. The summed E-state index contributed by atoms with van der Waals surface area (Å²) in [5, 5.41) is 8.59. The van der Waals surface area contributed by atoms with Gasteiger partial charge in [0.25, 0.3) is 0 Å². The lowest BCUT2D eigenvalue weighted by molar-refractivity contribution is 0.573. The van der Waals surface area contributed by atoms with E-state index in [-0.39, 0.29) is 24.0 Å². The van der Waals surface area contributed by atoms with Crippen molar-refractivity contribution in [1.29, 1.82) is 0 Å². The van der Waals surface area contributed by atoms with Gasteiger partial charge in [-0.05, 0) is 17.9 Å². The zero-order chi connectivity index (χ0) is 15.6. The topological polar surface area (TPSA) is 62.5 Å². The second kappa shape index (κ2) is 11.4. The smallest absolute Gasteiger partial charge is 0.236 e. The third kappa shape index (κ3) is 6.90. The average molecular weight is 448 g/mol. The Balaban J connectivity index is 0.00000264. The highest BCUT2D eigenvalue weighted by molar-refractivity contribution is 14.0. The summed E-state index contributed by atoms with van der Waals surface area (Å²) in [5.41, 5.74) is 0.873. The number of nitrogens with one attached hydrogen (secondary N) is 2. The second-order valence-corrected chi connectivity index (χ2v) is 5.98. The van der Waals surface area contributed by atoms with Crippen LogP contribution in [0.5, 0.6) is 0 Å². The standard InChI is InChI=1S/C16H24N4OS.HI/c1-3-4-5-6-9-18-16(17-2)19-11-13-12-21-15(20-13)14-8-7-10-22-14;/h7-8,10,12H,3-6,9,11H2,1-2H3,(H2,17,18,19);1H. The first-order valence-corrected chi connectivity index (χ1v) is 8.64. The maximum absolute atomic E-state index is 5.50. The molecule has 0 atom stereocenters. The molecule has 2 aromatic heterocycles. The van der Waals surface area contributed by atoms with E-state index in [1.165, 1.54) is 25.7 Å². The summed E-state index contributed by atoms with van der Waals surface area (Å²) >= 11 is 1.62. The first kappa shape index (κ1) is 20.0. The van der Waals surface area contributed by atoms with Gasteiger partial charge < -0.3 is 15.1 Å². The first-order valence-electron chi connectivity index (χ1n) is 7.76. The van der Waals surface area contributed by atoms with E-state index in [2.05, 4.69) is 27.5 Å². The van der Waals surface area contributed by atoms with Crippen molar-refractivity contribution in [1.82, 2.24) is 15.6 Å². The molecule has 23 heavy (non-hydrogen) atoms. The van der Waals surface area contributed by atoms with Crippen LogP contribution in [0.2, 0.25) is 0 Å². The Morgan fingerprint density at radius 2 is 2.17 bits per heavy atom. The number of guanidine groups is 1. The van der Waals surface area contributed by atoms with Crippen molar-refractivity contribution >= 4 is 41.3 Å². The number of thiophene rings is 1. The maximum Gasteiger partial charge on any atom is 0.236 e. The van der Waals surface area contributed by atoms with Gasteiger partial charge in [-0.2, -0.15) is 0 Å². The molecule has 0 amide bonds. The highest BCUT2D eigenvalue weighted by atomic mass is 127. The molecule has 2 heterocycles. The fourth-order valence-electron chi connectivity index (χ4n) is 2.06. The molecule has 128 valence electrons. The van der Waals surface area contributed by atoms with Gasteiger partial charge in [-0.25, -0.2) is 4.98 Å². The van der Waals surface area contributed by atoms with E-state index in [0.29, 0.717) is 12.4 Å². The Morgan fingerprint density at radius 3 is 2.87 bits per heavy atom. The first-order chi connectivity index (χ1) is 10.8. The predicted octanol–water partition coefficient (Wildman–Crippen LogP) is 4.27. The Hall–Kier alpha value is -1.09. The number of oxazole rings is 1. The van der Waals surface area contributed by atoms with E-state index >= 15 is 0 Å². The minimum atomic E-state index is 0. The number of hydrogen-bond donors (Lipinski definition) is 2. The highest BCUT2D eigenvalue weighted by Crippen LogP contribution is 2.23. The van der Waals surface area contributed by atoms with Gasteiger partial charge in [-0.15, -0.1) is 35.3 Å². The quantitative estimate of drug-likeness (QED) is 0.274. The Bertz CT molecular complexity index is 568. The average Bonchev–Trinajstić information content (AvgIpc) is 3.20. The summed E-state index contributed by atoms with van der Waals surface area (Å²) in [5.74, 6) is 1.48. The normalized spacial score (nSPS) is 11.1. The molecule has 7 heteroatoms. The van der Waals surface area contributed by atoms with Crippen molar-refractivity contribution in [2.75, 3.05) is 13.6 Å². The molecule has 0 aromatic carbocycles. The SMILES string of the molecule is CCCCCCNC(=NC)NCc1coc(-c2cccs2)n1.I. The number of rotatable bonds is 8. The van der Waals surface area contributed by atoms with Crippen molar-refractivity contribution in [3.05, 3.63) is 29.5 Å². The largest absolute Gasteiger partial charge is 0.443 e. The van der Waals surface area contributed by atoms with Crippen LogP contribution in [0.4, 0.5) is 0 Å². The van der Waals surface area contributed by atoms with Gasteiger partial charge in [-0.1, -0.05) is 32.3 Å². The summed E-state index contributed by atoms with van der Waals surface area (Å²) in [6.07, 6.45) is 6.66. The van der Waals surface area contributed by atoms with Crippen LogP contribution in [-0.2, 0) is 6.54 Å².